The Balaban J connectivity index is 2.39. The quantitative estimate of drug-likeness (QED) is 0.804. The summed E-state index contributed by atoms with van der Waals surface area (Å²) < 4.78 is 37.8. The van der Waals surface area contributed by atoms with Gasteiger partial charge in [-0.1, -0.05) is 24.3 Å². The zero-order valence-electron chi connectivity index (χ0n) is 14.7. The summed E-state index contributed by atoms with van der Waals surface area (Å²) in [5.74, 6) is 1.12. The molecule has 0 saturated heterocycles. The van der Waals surface area contributed by atoms with Crippen molar-refractivity contribution in [3.05, 3.63) is 53.1 Å². The fourth-order valence-corrected chi connectivity index (χ4v) is 4.01. The number of rotatable bonds is 6. The maximum Gasteiger partial charge on any atom is 0.243 e. The summed E-state index contributed by atoms with van der Waals surface area (Å²) in [5.41, 5.74) is 2.38. The Morgan fingerprint density at radius 3 is 2.38 bits per heavy atom. The van der Waals surface area contributed by atoms with E-state index in [4.69, 9.17) is 9.47 Å². The summed E-state index contributed by atoms with van der Waals surface area (Å²) in [6, 6.07) is 10.8. The lowest BCUT2D eigenvalue weighted by molar-refractivity contribution is 0.347. The lowest BCUT2D eigenvalue weighted by Crippen LogP contribution is -2.27. The molecule has 0 amide bonds. The molecule has 0 aliphatic heterocycles. The minimum absolute atomic E-state index is 0.191. The highest BCUT2D eigenvalue weighted by Gasteiger charge is 2.24. The maximum atomic E-state index is 12.9. The van der Waals surface area contributed by atoms with Crippen molar-refractivity contribution in [3.63, 3.8) is 0 Å². The zero-order valence-corrected chi connectivity index (χ0v) is 15.5. The molecule has 0 saturated carbocycles. The monoisotopic (exact) mass is 349 g/mol. The van der Waals surface area contributed by atoms with Crippen molar-refractivity contribution >= 4 is 10.0 Å². The van der Waals surface area contributed by atoms with Gasteiger partial charge in [0.1, 0.15) is 0 Å². The van der Waals surface area contributed by atoms with E-state index in [1.165, 1.54) is 4.31 Å². The Labute approximate surface area is 143 Å². The third-order valence-corrected chi connectivity index (χ3v) is 5.85. The number of para-hydroxylation sites is 1. The van der Waals surface area contributed by atoms with Crippen LogP contribution in [0.25, 0.3) is 0 Å². The smallest absolute Gasteiger partial charge is 0.243 e. The largest absolute Gasteiger partial charge is 0.493 e. The van der Waals surface area contributed by atoms with Crippen LogP contribution < -0.4 is 9.47 Å². The number of benzene rings is 2. The molecule has 0 N–H and O–H groups in total. The van der Waals surface area contributed by atoms with Gasteiger partial charge in [-0.25, -0.2) is 8.42 Å². The highest BCUT2D eigenvalue weighted by atomic mass is 32.2. The first kappa shape index (κ1) is 18.3. The van der Waals surface area contributed by atoms with Gasteiger partial charge in [-0.05, 0) is 37.1 Å². The van der Waals surface area contributed by atoms with E-state index in [0.29, 0.717) is 16.4 Å². The summed E-state index contributed by atoms with van der Waals surface area (Å²) >= 11 is 0. The topological polar surface area (TPSA) is 55.8 Å². The van der Waals surface area contributed by atoms with Gasteiger partial charge in [0.25, 0.3) is 0 Å². The van der Waals surface area contributed by atoms with E-state index in [2.05, 4.69) is 0 Å². The van der Waals surface area contributed by atoms with Gasteiger partial charge in [0.2, 0.25) is 10.0 Å². The van der Waals surface area contributed by atoms with E-state index in [9.17, 15) is 8.42 Å². The van der Waals surface area contributed by atoms with E-state index in [0.717, 1.165) is 16.7 Å². The van der Waals surface area contributed by atoms with E-state index in [-0.39, 0.29) is 6.54 Å². The van der Waals surface area contributed by atoms with Crippen molar-refractivity contribution in [2.75, 3.05) is 21.3 Å². The van der Waals surface area contributed by atoms with E-state index >= 15 is 0 Å². The molecule has 130 valence electrons. The molecule has 0 unspecified atom stereocenters. The molecular weight excluding hydrogens is 326 g/mol. The molecule has 5 nitrogen and oxygen atoms in total. The third-order valence-electron chi connectivity index (χ3n) is 3.91. The van der Waals surface area contributed by atoms with Crippen LogP contribution >= 0.6 is 0 Å². The van der Waals surface area contributed by atoms with Crippen LogP contribution in [0.2, 0.25) is 0 Å². The van der Waals surface area contributed by atoms with Crippen LogP contribution in [-0.4, -0.2) is 34.0 Å². The zero-order chi connectivity index (χ0) is 17.9. The molecule has 2 rings (SSSR count). The molecule has 2 aromatic carbocycles. The molecule has 0 aliphatic rings. The highest BCUT2D eigenvalue weighted by Crippen LogP contribution is 2.32. The van der Waals surface area contributed by atoms with Gasteiger partial charge in [-0.3, -0.25) is 0 Å². The van der Waals surface area contributed by atoms with Gasteiger partial charge in [-0.15, -0.1) is 0 Å². The van der Waals surface area contributed by atoms with Crippen molar-refractivity contribution in [2.45, 2.75) is 25.3 Å². The molecule has 0 heterocycles. The highest BCUT2D eigenvalue weighted by molar-refractivity contribution is 7.89. The minimum atomic E-state index is -3.60. The molecule has 0 aromatic heterocycles. The van der Waals surface area contributed by atoms with Crippen LogP contribution in [0.5, 0.6) is 11.5 Å². The summed E-state index contributed by atoms with van der Waals surface area (Å²) in [4.78, 5) is 0.326. The van der Waals surface area contributed by atoms with Crippen LogP contribution in [-0.2, 0) is 16.6 Å². The van der Waals surface area contributed by atoms with Crippen molar-refractivity contribution in [2.24, 2.45) is 0 Å². The second-order valence-electron chi connectivity index (χ2n) is 5.68. The first-order chi connectivity index (χ1) is 11.3. The number of ether oxygens (including phenoxy) is 2. The molecule has 6 heteroatoms. The van der Waals surface area contributed by atoms with Crippen molar-refractivity contribution < 1.29 is 17.9 Å². The van der Waals surface area contributed by atoms with Gasteiger partial charge < -0.3 is 9.47 Å². The number of nitrogens with zero attached hydrogens (tertiary/aromatic N) is 1. The van der Waals surface area contributed by atoms with Crippen LogP contribution in [0.15, 0.2) is 41.3 Å². The van der Waals surface area contributed by atoms with E-state index < -0.39 is 10.0 Å². The number of hydrogen-bond acceptors (Lipinski definition) is 4. The van der Waals surface area contributed by atoms with Crippen molar-refractivity contribution in [1.29, 1.82) is 0 Å². The van der Waals surface area contributed by atoms with Crippen molar-refractivity contribution in [3.8, 4) is 11.5 Å². The van der Waals surface area contributed by atoms with Gasteiger partial charge >= 0.3 is 0 Å². The van der Waals surface area contributed by atoms with Crippen LogP contribution in [0, 0.1) is 13.8 Å². The van der Waals surface area contributed by atoms with E-state index in [1.54, 1.807) is 40.3 Å². The van der Waals surface area contributed by atoms with Crippen LogP contribution in [0.1, 0.15) is 16.7 Å². The molecule has 0 atom stereocenters. The first-order valence-corrected chi connectivity index (χ1v) is 8.98. The predicted octanol–water partition coefficient (Wildman–Crippen LogP) is 3.14. The molecule has 24 heavy (non-hydrogen) atoms. The fraction of sp³-hybridized carbons (Fsp3) is 0.333. The average molecular weight is 349 g/mol. The fourth-order valence-electron chi connectivity index (χ4n) is 2.56. The second-order valence-corrected chi connectivity index (χ2v) is 7.70. The summed E-state index contributed by atoms with van der Waals surface area (Å²) in [6.45, 7) is 3.87. The summed E-state index contributed by atoms with van der Waals surface area (Å²) in [7, 11) is 1.06. The molecule has 0 radical (unpaired) electrons. The second kappa shape index (κ2) is 7.23. The Bertz CT molecular complexity index is 831. The van der Waals surface area contributed by atoms with Gasteiger partial charge in [0.15, 0.2) is 11.5 Å². The third kappa shape index (κ3) is 3.55. The van der Waals surface area contributed by atoms with E-state index in [1.807, 2.05) is 31.2 Å². The molecule has 0 spiro atoms. The summed E-state index contributed by atoms with van der Waals surface area (Å²) in [6.07, 6.45) is 0. The predicted molar refractivity (Wildman–Crippen MR) is 94.1 cm³/mol. The van der Waals surface area contributed by atoms with Gasteiger partial charge in [0.05, 0.1) is 19.1 Å². The van der Waals surface area contributed by atoms with Crippen molar-refractivity contribution in [1.82, 2.24) is 4.31 Å². The standard InChI is InChI=1S/C18H23NO4S/c1-13-9-10-14(2)17(11-13)24(20,21)19(3)12-15-7-6-8-16(22-4)18(15)23-5/h6-11H,12H2,1-5H3. The Morgan fingerprint density at radius 1 is 1.04 bits per heavy atom. The lowest BCUT2D eigenvalue weighted by atomic mass is 10.2. The number of sulfonamides is 1. The SMILES string of the molecule is COc1cccc(CN(C)S(=O)(=O)c2cc(C)ccc2C)c1OC. The Hall–Kier alpha value is -2.05. The lowest BCUT2D eigenvalue weighted by Gasteiger charge is -2.21. The average Bonchev–Trinajstić information content (AvgIpc) is 2.56. The molecule has 2 aromatic rings. The Kier molecular flexibility index (Phi) is 5.51. The molecule has 0 aliphatic carbocycles. The molecule has 0 bridgehead atoms. The number of aryl methyl sites for hydroxylation is 2. The minimum Gasteiger partial charge on any atom is -0.493 e. The first-order valence-electron chi connectivity index (χ1n) is 7.54. The maximum absolute atomic E-state index is 12.9. The van der Waals surface area contributed by atoms with Crippen LogP contribution in [0.4, 0.5) is 0 Å². The van der Waals surface area contributed by atoms with Gasteiger partial charge in [0, 0.05) is 19.2 Å². The summed E-state index contributed by atoms with van der Waals surface area (Å²) in [5, 5.41) is 0. The van der Waals surface area contributed by atoms with Crippen LogP contribution in [0.3, 0.4) is 0 Å². The Morgan fingerprint density at radius 2 is 1.75 bits per heavy atom. The normalized spacial score (nSPS) is 11.6. The molecule has 0 fully saturated rings. The molecular formula is C18H23NO4S. The number of hydrogen-bond donors (Lipinski definition) is 0. The van der Waals surface area contributed by atoms with Gasteiger partial charge in [-0.2, -0.15) is 4.31 Å². The number of methoxy groups -OCH3 is 2.